The van der Waals surface area contributed by atoms with Crippen molar-refractivity contribution < 1.29 is 5.11 Å². The topological polar surface area (TPSA) is 23.5 Å². The van der Waals surface area contributed by atoms with Gasteiger partial charge in [0, 0.05) is 17.4 Å². The van der Waals surface area contributed by atoms with E-state index in [0.717, 1.165) is 6.42 Å². The Morgan fingerprint density at radius 3 is 2.37 bits per heavy atom. The fourth-order valence-corrected chi connectivity index (χ4v) is 4.74. The van der Waals surface area contributed by atoms with E-state index in [-0.39, 0.29) is 5.41 Å². The Balaban J connectivity index is 2.47. The van der Waals surface area contributed by atoms with E-state index in [9.17, 15) is 5.11 Å². The van der Waals surface area contributed by atoms with Crippen LogP contribution in [0.5, 0.6) is 0 Å². The monoisotopic (exact) mass is 265 g/mol. The van der Waals surface area contributed by atoms with Crippen LogP contribution in [0.25, 0.3) is 0 Å². The van der Waals surface area contributed by atoms with Crippen molar-refractivity contribution in [3.8, 4) is 0 Å². The maximum Gasteiger partial charge on any atom is 0.0635 e. The van der Waals surface area contributed by atoms with E-state index in [4.69, 9.17) is 0 Å². The van der Waals surface area contributed by atoms with Crippen molar-refractivity contribution in [1.29, 1.82) is 0 Å². The SMILES string of the molecule is CN(C)C1C(C(C)(C)O)CCC2(C)CCC=CC12C. The molecule has 4 atom stereocenters. The second kappa shape index (κ2) is 4.60. The zero-order valence-corrected chi connectivity index (χ0v) is 13.5. The summed E-state index contributed by atoms with van der Waals surface area (Å²) in [5, 5.41) is 10.6. The molecule has 2 nitrogen and oxygen atoms in total. The van der Waals surface area contributed by atoms with E-state index in [1.807, 2.05) is 13.8 Å². The first-order valence-corrected chi connectivity index (χ1v) is 7.68. The van der Waals surface area contributed by atoms with Crippen molar-refractivity contribution in [2.45, 2.75) is 65.0 Å². The van der Waals surface area contributed by atoms with Crippen LogP contribution in [0, 0.1) is 16.7 Å². The number of hydrogen-bond donors (Lipinski definition) is 1. The summed E-state index contributed by atoms with van der Waals surface area (Å²) in [5.74, 6) is 0.336. The fraction of sp³-hybridized carbons (Fsp3) is 0.882. The summed E-state index contributed by atoms with van der Waals surface area (Å²) in [7, 11) is 4.34. The largest absolute Gasteiger partial charge is 0.390 e. The second-order valence-corrected chi connectivity index (χ2v) is 7.99. The Labute approximate surface area is 118 Å². The third-order valence-electron chi connectivity index (χ3n) is 6.09. The van der Waals surface area contributed by atoms with E-state index < -0.39 is 5.60 Å². The van der Waals surface area contributed by atoms with Crippen LogP contribution in [0.15, 0.2) is 12.2 Å². The molecule has 2 heteroatoms. The molecular formula is C17H31NO. The van der Waals surface area contributed by atoms with Crippen molar-refractivity contribution in [3.63, 3.8) is 0 Å². The van der Waals surface area contributed by atoms with Gasteiger partial charge in [-0.25, -0.2) is 0 Å². The van der Waals surface area contributed by atoms with Crippen LogP contribution >= 0.6 is 0 Å². The molecular weight excluding hydrogens is 234 g/mol. The van der Waals surface area contributed by atoms with Gasteiger partial charge in [0.05, 0.1) is 5.60 Å². The van der Waals surface area contributed by atoms with Gasteiger partial charge in [-0.2, -0.15) is 0 Å². The first-order valence-electron chi connectivity index (χ1n) is 7.68. The Hall–Kier alpha value is -0.340. The van der Waals surface area contributed by atoms with Crippen LogP contribution in [0.1, 0.15) is 53.4 Å². The molecule has 4 unspecified atom stereocenters. The summed E-state index contributed by atoms with van der Waals surface area (Å²) < 4.78 is 0. The Morgan fingerprint density at radius 2 is 1.84 bits per heavy atom. The smallest absolute Gasteiger partial charge is 0.0635 e. The predicted octanol–water partition coefficient (Wildman–Crippen LogP) is 3.46. The van der Waals surface area contributed by atoms with Gasteiger partial charge in [0.25, 0.3) is 0 Å². The average molecular weight is 265 g/mol. The maximum atomic E-state index is 10.6. The highest BCUT2D eigenvalue weighted by Crippen LogP contribution is 2.59. The molecule has 1 fully saturated rings. The lowest BCUT2D eigenvalue weighted by molar-refractivity contribution is -0.121. The average Bonchev–Trinajstić information content (AvgIpc) is 2.26. The van der Waals surface area contributed by atoms with Crippen molar-refractivity contribution in [2.75, 3.05) is 14.1 Å². The molecule has 19 heavy (non-hydrogen) atoms. The molecule has 0 spiro atoms. The van der Waals surface area contributed by atoms with Crippen LogP contribution in [-0.4, -0.2) is 35.7 Å². The predicted molar refractivity (Wildman–Crippen MR) is 81.1 cm³/mol. The lowest BCUT2D eigenvalue weighted by atomic mass is 9.48. The maximum absolute atomic E-state index is 10.6. The molecule has 0 radical (unpaired) electrons. The third-order valence-corrected chi connectivity index (χ3v) is 6.09. The molecule has 1 N–H and O–H groups in total. The second-order valence-electron chi connectivity index (χ2n) is 7.99. The molecule has 2 aliphatic carbocycles. The van der Waals surface area contributed by atoms with Crippen LogP contribution in [0.4, 0.5) is 0 Å². The molecule has 0 saturated heterocycles. The van der Waals surface area contributed by atoms with E-state index in [1.165, 1.54) is 19.3 Å². The molecule has 2 rings (SSSR count). The molecule has 0 aromatic rings. The summed E-state index contributed by atoms with van der Waals surface area (Å²) in [6, 6.07) is 0.405. The summed E-state index contributed by atoms with van der Waals surface area (Å²) in [5.41, 5.74) is -0.0688. The third kappa shape index (κ3) is 2.27. The minimum atomic E-state index is -0.607. The lowest BCUT2D eigenvalue weighted by Crippen LogP contribution is -2.62. The highest BCUT2D eigenvalue weighted by Gasteiger charge is 2.57. The summed E-state index contributed by atoms with van der Waals surface area (Å²) >= 11 is 0. The highest BCUT2D eigenvalue weighted by atomic mass is 16.3. The summed E-state index contributed by atoms with van der Waals surface area (Å²) in [6.07, 6.45) is 9.64. The van der Waals surface area contributed by atoms with E-state index >= 15 is 0 Å². The van der Waals surface area contributed by atoms with Gasteiger partial charge in [-0.15, -0.1) is 0 Å². The molecule has 1 saturated carbocycles. The Morgan fingerprint density at radius 1 is 1.21 bits per heavy atom. The number of nitrogens with zero attached hydrogens (tertiary/aromatic N) is 1. The molecule has 0 aliphatic heterocycles. The number of allylic oxidation sites excluding steroid dienone is 1. The van der Waals surface area contributed by atoms with Crippen molar-refractivity contribution in [3.05, 3.63) is 12.2 Å². The number of fused-ring (bicyclic) bond motifs is 1. The van der Waals surface area contributed by atoms with Crippen LogP contribution < -0.4 is 0 Å². The zero-order valence-electron chi connectivity index (χ0n) is 13.5. The Bertz CT molecular complexity index is 368. The van der Waals surface area contributed by atoms with Crippen molar-refractivity contribution in [2.24, 2.45) is 16.7 Å². The number of aliphatic hydroxyl groups is 1. The van der Waals surface area contributed by atoms with Gasteiger partial charge < -0.3 is 10.0 Å². The Kier molecular flexibility index (Phi) is 3.64. The van der Waals surface area contributed by atoms with Crippen molar-refractivity contribution >= 4 is 0 Å². The molecule has 2 aliphatic rings. The summed E-state index contributed by atoms with van der Waals surface area (Å²) in [4.78, 5) is 2.34. The van der Waals surface area contributed by atoms with Crippen LogP contribution in [0.2, 0.25) is 0 Å². The molecule has 0 bridgehead atoms. The molecule has 0 heterocycles. The van der Waals surface area contributed by atoms with E-state index in [1.54, 1.807) is 0 Å². The minimum absolute atomic E-state index is 0.164. The van der Waals surface area contributed by atoms with Gasteiger partial charge in [0.1, 0.15) is 0 Å². The first-order chi connectivity index (χ1) is 8.62. The lowest BCUT2D eigenvalue weighted by Gasteiger charge is -2.61. The van der Waals surface area contributed by atoms with Crippen molar-refractivity contribution in [1.82, 2.24) is 4.90 Å². The van der Waals surface area contributed by atoms with Crippen LogP contribution in [-0.2, 0) is 0 Å². The minimum Gasteiger partial charge on any atom is -0.390 e. The molecule has 0 aromatic carbocycles. The van der Waals surface area contributed by atoms with Gasteiger partial charge in [0.15, 0.2) is 0 Å². The molecule has 110 valence electrons. The van der Waals surface area contributed by atoms with Gasteiger partial charge in [-0.3, -0.25) is 0 Å². The number of hydrogen-bond acceptors (Lipinski definition) is 2. The number of rotatable bonds is 2. The normalized spacial score (nSPS) is 43.4. The fourth-order valence-electron chi connectivity index (χ4n) is 4.74. The zero-order chi connectivity index (χ0) is 14.5. The van der Waals surface area contributed by atoms with E-state index in [2.05, 4.69) is 45.0 Å². The first kappa shape index (κ1) is 15.1. The molecule has 0 amide bonds. The van der Waals surface area contributed by atoms with Gasteiger partial charge >= 0.3 is 0 Å². The standard InChI is InChI=1S/C17H31NO/c1-15(2,19)13-9-12-16(3)10-7-8-11-17(16,4)14(13)18(5)6/h8,11,13-14,19H,7,9-10,12H2,1-6H3. The van der Waals surface area contributed by atoms with Gasteiger partial charge in [-0.1, -0.05) is 26.0 Å². The van der Waals surface area contributed by atoms with E-state index in [0.29, 0.717) is 17.4 Å². The van der Waals surface area contributed by atoms with Crippen LogP contribution in [0.3, 0.4) is 0 Å². The van der Waals surface area contributed by atoms with Gasteiger partial charge in [-0.05, 0) is 59.0 Å². The molecule has 0 aromatic heterocycles. The summed E-state index contributed by atoms with van der Waals surface area (Å²) in [6.45, 7) is 8.82. The highest BCUT2D eigenvalue weighted by molar-refractivity contribution is 5.19. The van der Waals surface area contributed by atoms with Gasteiger partial charge in [0.2, 0.25) is 0 Å². The quantitative estimate of drug-likeness (QED) is 0.773.